The Balaban J connectivity index is 1.01. The van der Waals surface area contributed by atoms with E-state index in [1.54, 1.807) is 0 Å². The Hall–Kier alpha value is -8.78. The molecule has 0 bridgehead atoms. The van der Waals surface area contributed by atoms with Crippen LogP contribution in [0.1, 0.15) is 25.0 Å². The first-order valence-corrected chi connectivity index (χ1v) is 24.6. The smallest absolute Gasteiger partial charge is 0.0547 e. The van der Waals surface area contributed by atoms with E-state index in [9.17, 15) is 0 Å². The quantitative estimate of drug-likeness (QED) is 0.155. The molecule has 0 saturated heterocycles. The van der Waals surface area contributed by atoms with Crippen molar-refractivity contribution in [3.8, 4) is 50.2 Å². The van der Waals surface area contributed by atoms with Crippen LogP contribution in [0.5, 0.6) is 0 Å². The number of nitrogens with zero attached hydrogens (tertiary/aromatic N) is 1. The summed E-state index contributed by atoms with van der Waals surface area (Å²) in [5.41, 5.74) is 16.4. The minimum atomic E-state index is -0.0931. The molecule has 1 heteroatoms. The molecule has 0 radical (unpaired) electrons. The molecule has 1 aliphatic rings. The molecule has 1 aromatic heterocycles. The van der Waals surface area contributed by atoms with Crippen molar-refractivity contribution in [2.24, 2.45) is 0 Å². The first kappa shape index (κ1) is 39.2. The predicted molar refractivity (Wildman–Crippen MR) is 300 cm³/mol. The van der Waals surface area contributed by atoms with Crippen molar-refractivity contribution in [2.45, 2.75) is 19.3 Å². The van der Waals surface area contributed by atoms with Gasteiger partial charge in [0.2, 0.25) is 0 Å². The number of rotatable bonds is 4. The molecule has 70 heavy (non-hydrogen) atoms. The van der Waals surface area contributed by atoms with Crippen molar-refractivity contribution in [3.63, 3.8) is 0 Å². The molecule has 0 spiro atoms. The van der Waals surface area contributed by atoms with Crippen LogP contribution in [0.4, 0.5) is 0 Å². The van der Waals surface area contributed by atoms with Crippen LogP contribution in [0.3, 0.4) is 0 Å². The van der Waals surface area contributed by atoms with Crippen molar-refractivity contribution >= 4 is 86.4 Å². The van der Waals surface area contributed by atoms with Gasteiger partial charge in [-0.1, -0.05) is 196 Å². The molecular formula is C69H45N. The minimum absolute atomic E-state index is 0.0931. The molecular weight excluding hydrogens is 843 g/mol. The molecule has 1 nitrogen and oxygen atoms in total. The van der Waals surface area contributed by atoms with Gasteiger partial charge in [-0.05, 0) is 175 Å². The highest BCUT2D eigenvalue weighted by atomic mass is 15.0. The van der Waals surface area contributed by atoms with E-state index >= 15 is 0 Å². The zero-order chi connectivity index (χ0) is 46.2. The van der Waals surface area contributed by atoms with Crippen LogP contribution in [0.15, 0.2) is 237 Å². The normalized spacial score (nSPS) is 13.1. The van der Waals surface area contributed by atoms with Gasteiger partial charge < -0.3 is 4.57 Å². The number of hydrogen-bond acceptors (Lipinski definition) is 0. The second-order valence-corrected chi connectivity index (χ2v) is 20.0. The molecule has 0 saturated carbocycles. The fourth-order valence-electron chi connectivity index (χ4n) is 12.6. The van der Waals surface area contributed by atoms with Crippen LogP contribution in [-0.4, -0.2) is 4.57 Å². The van der Waals surface area contributed by atoms with Gasteiger partial charge in [0.15, 0.2) is 0 Å². The summed E-state index contributed by atoms with van der Waals surface area (Å²) in [5, 5.41) is 17.7. The van der Waals surface area contributed by atoms with E-state index in [0.29, 0.717) is 0 Å². The van der Waals surface area contributed by atoms with Gasteiger partial charge in [-0.2, -0.15) is 0 Å². The average molecular weight is 888 g/mol. The Labute approximate surface area is 406 Å². The maximum absolute atomic E-state index is 2.50. The van der Waals surface area contributed by atoms with E-state index < -0.39 is 0 Å². The van der Waals surface area contributed by atoms with Crippen molar-refractivity contribution in [1.29, 1.82) is 0 Å². The van der Waals surface area contributed by atoms with Crippen LogP contribution >= 0.6 is 0 Å². The Morgan fingerprint density at radius 2 is 0.814 bits per heavy atom. The Morgan fingerprint density at radius 1 is 0.271 bits per heavy atom. The summed E-state index contributed by atoms with van der Waals surface area (Å²) in [4.78, 5) is 0. The summed E-state index contributed by atoms with van der Waals surface area (Å²) >= 11 is 0. The molecule has 0 aliphatic heterocycles. The Kier molecular flexibility index (Phi) is 8.19. The van der Waals surface area contributed by atoms with Crippen LogP contribution in [0.2, 0.25) is 0 Å². The Bertz CT molecular complexity index is 4550. The van der Waals surface area contributed by atoms with E-state index in [1.165, 1.54) is 142 Å². The lowest BCUT2D eigenvalue weighted by Crippen LogP contribution is -2.14. The summed E-state index contributed by atoms with van der Waals surface area (Å²) in [7, 11) is 0. The first-order chi connectivity index (χ1) is 34.5. The van der Waals surface area contributed by atoms with Crippen LogP contribution in [-0.2, 0) is 5.41 Å². The van der Waals surface area contributed by atoms with E-state index in [1.807, 2.05) is 0 Å². The SMILES string of the molecule is CC1(C)c2ccccc2-c2ccc(-c3cc4ccc5ccccc5c4c4cc(-c5cc6ccccc6c6c5cc(-c5ccc7c8ccccc8n(-c8ccccc8)c7c5)c5ccccc56)ccc34)cc21. The van der Waals surface area contributed by atoms with E-state index in [-0.39, 0.29) is 5.41 Å². The lowest BCUT2D eigenvalue weighted by Gasteiger charge is -2.22. The third kappa shape index (κ3) is 5.55. The fourth-order valence-corrected chi connectivity index (χ4v) is 12.6. The summed E-state index contributed by atoms with van der Waals surface area (Å²) in [6, 6.07) is 89.0. The average Bonchev–Trinajstić information content (AvgIpc) is 3.87. The van der Waals surface area contributed by atoms with Crippen LogP contribution in [0.25, 0.3) is 137 Å². The molecule has 1 heterocycles. The van der Waals surface area contributed by atoms with Crippen molar-refractivity contribution in [1.82, 2.24) is 4.57 Å². The zero-order valence-corrected chi connectivity index (χ0v) is 39.0. The number of fused-ring (bicyclic) bond motifs is 16. The number of benzene rings is 13. The topological polar surface area (TPSA) is 4.93 Å². The van der Waals surface area contributed by atoms with Crippen LogP contribution in [0, 0.1) is 0 Å². The summed E-state index contributed by atoms with van der Waals surface area (Å²) in [5.74, 6) is 0. The van der Waals surface area contributed by atoms with Gasteiger partial charge in [0, 0.05) is 21.9 Å². The maximum Gasteiger partial charge on any atom is 0.0547 e. The van der Waals surface area contributed by atoms with Gasteiger partial charge in [0.1, 0.15) is 0 Å². The molecule has 0 N–H and O–H groups in total. The van der Waals surface area contributed by atoms with Gasteiger partial charge in [-0.25, -0.2) is 0 Å². The summed E-state index contributed by atoms with van der Waals surface area (Å²) in [6.07, 6.45) is 0. The Morgan fingerprint density at radius 3 is 1.66 bits per heavy atom. The molecule has 0 amide bonds. The van der Waals surface area contributed by atoms with E-state index in [0.717, 1.165) is 5.69 Å². The monoisotopic (exact) mass is 887 g/mol. The van der Waals surface area contributed by atoms with Crippen molar-refractivity contribution in [2.75, 3.05) is 0 Å². The first-order valence-electron chi connectivity index (χ1n) is 24.6. The van der Waals surface area contributed by atoms with Gasteiger partial charge in [0.05, 0.1) is 11.0 Å². The molecule has 1 aliphatic carbocycles. The summed E-state index contributed by atoms with van der Waals surface area (Å²) < 4.78 is 2.43. The molecule has 0 atom stereocenters. The highest BCUT2D eigenvalue weighted by Gasteiger charge is 2.35. The molecule has 14 aromatic rings. The third-order valence-corrected chi connectivity index (χ3v) is 15.9. The minimum Gasteiger partial charge on any atom is -0.309 e. The van der Waals surface area contributed by atoms with Gasteiger partial charge in [-0.15, -0.1) is 0 Å². The van der Waals surface area contributed by atoms with Crippen molar-refractivity contribution < 1.29 is 0 Å². The molecule has 0 fully saturated rings. The van der Waals surface area contributed by atoms with Crippen molar-refractivity contribution in [3.05, 3.63) is 248 Å². The second kappa shape index (κ2) is 14.6. The highest BCUT2D eigenvalue weighted by molar-refractivity contribution is 6.28. The lowest BCUT2D eigenvalue weighted by molar-refractivity contribution is 0.660. The van der Waals surface area contributed by atoms with Gasteiger partial charge in [0.25, 0.3) is 0 Å². The van der Waals surface area contributed by atoms with Crippen LogP contribution < -0.4 is 0 Å². The van der Waals surface area contributed by atoms with E-state index in [2.05, 4.69) is 255 Å². The molecule has 0 unspecified atom stereocenters. The lowest BCUT2D eigenvalue weighted by atomic mass is 9.81. The number of para-hydroxylation sites is 2. The van der Waals surface area contributed by atoms with Gasteiger partial charge in [-0.3, -0.25) is 0 Å². The molecule has 326 valence electrons. The third-order valence-electron chi connectivity index (χ3n) is 15.9. The largest absolute Gasteiger partial charge is 0.309 e. The standard InChI is InChI=1S/C69H45N/c1-69(2)63-26-14-12-23-53(63)54-34-31-45(39-64(54)69)58-38-47-29-28-42-16-6-8-20-49(42)67(47)61-37-44(30-33-52(58)61)59-36-43-17-7-9-21-50(43)68-57-25-11-10-22-51(57)60(41-62(59)68)46-32-35-56-55-24-13-15-27-65(55)70(66(56)40-46)48-18-4-3-5-19-48/h3-41H,1-2H3. The van der Waals surface area contributed by atoms with Gasteiger partial charge >= 0.3 is 0 Å². The highest BCUT2D eigenvalue weighted by Crippen LogP contribution is 2.51. The fraction of sp³-hybridized carbons (Fsp3) is 0.0435. The number of aromatic nitrogens is 1. The molecule has 13 aromatic carbocycles. The molecule has 15 rings (SSSR count). The number of hydrogen-bond donors (Lipinski definition) is 0. The summed E-state index contributed by atoms with van der Waals surface area (Å²) in [6.45, 7) is 4.76. The second-order valence-electron chi connectivity index (χ2n) is 20.0. The zero-order valence-electron chi connectivity index (χ0n) is 39.0. The maximum atomic E-state index is 2.50. The van der Waals surface area contributed by atoms with E-state index in [4.69, 9.17) is 0 Å². The predicted octanol–water partition coefficient (Wildman–Crippen LogP) is 19.0.